The number of rotatable bonds is 2. The van der Waals surface area contributed by atoms with Gasteiger partial charge in [-0.05, 0) is 5.92 Å². The largest absolute Gasteiger partial charge is 0.120 e. The molecule has 0 radical (unpaired) electrons. The van der Waals surface area contributed by atoms with E-state index >= 15 is 0 Å². The highest BCUT2D eigenvalue weighted by Crippen LogP contribution is 1.93. The van der Waals surface area contributed by atoms with Gasteiger partial charge in [0.2, 0.25) is 0 Å². The molecule has 0 aliphatic rings. The Morgan fingerprint density at radius 2 is 2.25 bits per heavy atom. The van der Waals surface area contributed by atoms with E-state index in [0.717, 1.165) is 6.42 Å². The van der Waals surface area contributed by atoms with E-state index in [1.54, 1.807) is 0 Å². The molecule has 0 saturated carbocycles. The van der Waals surface area contributed by atoms with Crippen LogP contribution in [0.25, 0.3) is 0 Å². The first-order valence-electron chi connectivity index (χ1n) is 2.87. The molecule has 44 valence electrons. The van der Waals surface area contributed by atoms with Gasteiger partial charge in [-0.25, -0.2) is 0 Å². The second-order valence-electron chi connectivity index (χ2n) is 2.08. The first kappa shape index (κ1) is 7.30. The Kier molecular flexibility index (Phi) is 4.07. The van der Waals surface area contributed by atoms with Gasteiger partial charge in [0.05, 0.1) is 0 Å². The molecule has 0 aliphatic carbocycles. The fourth-order valence-electron chi connectivity index (χ4n) is 0.408. The van der Waals surface area contributed by atoms with Crippen LogP contribution < -0.4 is 0 Å². The maximum absolute atomic E-state index is 5.01. The Hall–Kier alpha value is -0.700. The molecule has 0 nitrogen and oxygen atoms in total. The van der Waals surface area contributed by atoms with E-state index in [-0.39, 0.29) is 0 Å². The summed E-state index contributed by atoms with van der Waals surface area (Å²) in [7, 11) is 0. The van der Waals surface area contributed by atoms with Crippen LogP contribution >= 0.6 is 0 Å². The van der Waals surface area contributed by atoms with Crippen molar-refractivity contribution in [3.05, 3.63) is 12.2 Å². The van der Waals surface area contributed by atoms with Crippen LogP contribution in [0.1, 0.15) is 20.3 Å². The molecule has 8 heavy (non-hydrogen) atoms. The average molecular weight is 108 g/mol. The average Bonchev–Trinajstić information content (AvgIpc) is 1.66. The molecular weight excluding hydrogens is 96.1 g/mol. The number of terminal acetylenes is 1. The van der Waals surface area contributed by atoms with Crippen LogP contribution in [0.2, 0.25) is 0 Å². The van der Waals surface area contributed by atoms with Gasteiger partial charge >= 0.3 is 0 Å². The van der Waals surface area contributed by atoms with E-state index in [0.29, 0.717) is 5.92 Å². The van der Waals surface area contributed by atoms with Gasteiger partial charge in [0, 0.05) is 6.42 Å². The summed E-state index contributed by atoms with van der Waals surface area (Å²) in [5.41, 5.74) is 0. The third-order valence-corrected chi connectivity index (χ3v) is 0.757. The molecule has 0 unspecified atom stereocenters. The van der Waals surface area contributed by atoms with Crippen LogP contribution in [0, 0.1) is 18.3 Å². The first-order chi connectivity index (χ1) is 3.77. The zero-order valence-electron chi connectivity index (χ0n) is 5.52. The molecule has 0 saturated heterocycles. The minimum Gasteiger partial charge on any atom is -0.120 e. The first-order valence-corrected chi connectivity index (χ1v) is 2.87. The van der Waals surface area contributed by atoms with Crippen molar-refractivity contribution in [1.29, 1.82) is 0 Å². The van der Waals surface area contributed by atoms with Crippen molar-refractivity contribution < 1.29 is 0 Å². The van der Waals surface area contributed by atoms with Gasteiger partial charge in [-0.1, -0.05) is 26.0 Å². The molecule has 0 aliphatic heterocycles. The quantitative estimate of drug-likeness (QED) is 0.376. The molecule has 0 atom stereocenters. The summed E-state index contributed by atoms with van der Waals surface area (Å²) in [6.45, 7) is 4.26. The van der Waals surface area contributed by atoms with E-state index in [1.807, 2.05) is 6.08 Å². The van der Waals surface area contributed by atoms with Crippen molar-refractivity contribution in [2.45, 2.75) is 20.3 Å². The van der Waals surface area contributed by atoms with Gasteiger partial charge in [-0.2, -0.15) is 0 Å². The maximum atomic E-state index is 5.01. The maximum Gasteiger partial charge on any atom is 0.0267 e. The van der Waals surface area contributed by atoms with Crippen LogP contribution in [0.4, 0.5) is 0 Å². The molecular formula is C8H12. The van der Waals surface area contributed by atoms with Crippen LogP contribution in [0.3, 0.4) is 0 Å². The third kappa shape index (κ3) is 5.30. The molecule has 0 heteroatoms. The number of hydrogen-bond acceptors (Lipinski definition) is 0. The summed E-state index contributed by atoms with van der Waals surface area (Å²) in [4.78, 5) is 0. The lowest BCUT2D eigenvalue weighted by Crippen LogP contribution is -1.75. The fraction of sp³-hybridized carbons (Fsp3) is 0.500. The lowest BCUT2D eigenvalue weighted by Gasteiger charge is -1.88. The van der Waals surface area contributed by atoms with Gasteiger partial charge < -0.3 is 0 Å². The summed E-state index contributed by atoms with van der Waals surface area (Å²) in [6.07, 6.45) is 9.91. The van der Waals surface area contributed by atoms with Gasteiger partial charge in [0.15, 0.2) is 0 Å². The molecule has 0 aromatic carbocycles. The number of hydrogen-bond donors (Lipinski definition) is 0. The van der Waals surface area contributed by atoms with E-state index in [4.69, 9.17) is 6.42 Å². The summed E-state index contributed by atoms with van der Waals surface area (Å²) >= 11 is 0. The topological polar surface area (TPSA) is 0 Å². The van der Waals surface area contributed by atoms with Crippen molar-refractivity contribution in [1.82, 2.24) is 0 Å². The van der Waals surface area contributed by atoms with Crippen LogP contribution in [0.15, 0.2) is 12.2 Å². The van der Waals surface area contributed by atoms with Crippen LogP contribution in [-0.2, 0) is 0 Å². The lowest BCUT2D eigenvalue weighted by molar-refractivity contribution is 0.828. The Bertz CT molecular complexity index is 102. The van der Waals surface area contributed by atoms with Crippen molar-refractivity contribution >= 4 is 0 Å². The molecule has 0 fully saturated rings. The highest BCUT2D eigenvalue weighted by atomic mass is 13.8. The van der Waals surface area contributed by atoms with Crippen molar-refractivity contribution in [3.8, 4) is 12.3 Å². The molecule has 0 N–H and O–H groups in total. The number of allylic oxidation sites excluding steroid dienone is 2. The highest BCUT2D eigenvalue weighted by molar-refractivity contribution is 4.97. The molecule has 0 heterocycles. The van der Waals surface area contributed by atoms with E-state index < -0.39 is 0 Å². The van der Waals surface area contributed by atoms with Gasteiger partial charge in [0.1, 0.15) is 0 Å². The second kappa shape index (κ2) is 4.46. The zero-order valence-corrected chi connectivity index (χ0v) is 5.52. The van der Waals surface area contributed by atoms with Crippen molar-refractivity contribution in [2.75, 3.05) is 0 Å². The standard InChI is InChI=1S/C8H12/c1-4-5-6-7-8(2)3/h1,6-8H,5H2,2-3H3. The SMILES string of the molecule is C#CCC=CC(C)C. The molecule has 0 aromatic rings. The fourth-order valence-corrected chi connectivity index (χ4v) is 0.408. The van der Waals surface area contributed by atoms with Crippen LogP contribution in [0.5, 0.6) is 0 Å². The Balaban J connectivity index is 3.23. The summed E-state index contributed by atoms with van der Waals surface area (Å²) in [6, 6.07) is 0. The normalized spacial score (nSPS) is 10.2. The van der Waals surface area contributed by atoms with E-state index in [9.17, 15) is 0 Å². The molecule has 0 amide bonds. The molecule has 0 bridgehead atoms. The predicted molar refractivity (Wildman–Crippen MR) is 37.4 cm³/mol. The molecule has 0 spiro atoms. The third-order valence-electron chi connectivity index (χ3n) is 0.757. The Morgan fingerprint density at radius 3 is 2.62 bits per heavy atom. The van der Waals surface area contributed by atoms with Crippen molar-refractivity contribution in [2.24, 2.45) is 5.92 Å². The smallest absolute Gasteiger partial charge is 0.0267 e. The minimum absolute atomic E-state index is 0.628. The Morgan fingerprint density at radius 1 is 1.62 bits per heavy atom. The van der Waals surface area contributed by atoms with Gasteiger partial charge in [-0.15, -0.1) is 12.3 Å². The van der Waals surface area contributed by atoms with Crippen LogP contribution in [-0.4, -0.2) is 0 Å². The highest BCUT2D eigenvalue weighted by Gasteiger charge is 1.79. The molecule has 0 aromatic heterocycles. The predicted octanol–water partition coefficient (Wildman–Crippen LogP) is 2.22. The minimum atomic E-state index is 0.628. The second-order valence-corrected chi connectivity index (χ2v) is 2.08. The van der Waals surface area contributed by atoms with Gasteiger partial charge in [0.25, 0.3) is 0 Å². The lowest BCUT2D eigenvalue weighted by atomic mass is 10.2. The summed E-state index contributed by atoms with van der Waals surface area (Å²) < 4.78 is 0. The van der Waals surface area contributed by atoms with E-state index in [2.05, 4.69) is 25.8 Å². The summed E-state index contributed by atoms with van der Waals surface area (Å²) in [5, 5.41) is 0. The van der Waals surface area contributed by atoms with Crippen molar-refractivity contribution in [3.63, 3.8) is 0 Å². The van der Waals surface area contributed by atoms with E-state index in [1.165, 1.54) is 0 Å². The Labute approximate surface area is 51.6 Å². The van der Waals surface area contributed by atoms with Gasteiger partial charge in [-0.3, -0.25) is 0 Å². The monoisotopic (exact) mass is 108 g/mol. The zero-order chi connectivity index (χ0) is 6.41. The summed E-state index contributed by atoms with van der Waals surface area (Å²) in [5.74, 6) is 3.16. The molecule has 0 rings (SSSR count).